The van der Waals surface area contributed by atoms with Crippen molar-refractivity contribution in [3.8, 4) is 17.6 Å². The van der Waals surface area contributed by atoms with Crippen molar-refractivity contribution in [2.45, 2.75) is 91.1 Å². The second-order valence-electron chi connectivity index (χ2n) is 16.8. The van der Waals surface area contributed by atoms with Crippen LogP contribution in [0.2, 0.25) is 5.02 Å². The summed E-state index contributed by atoms with van der Waals surface area (Å²) in [6.07, 6.45) is 3.16. The van der Waals surface area contributed by atoms with Crippen molar-refractivity contribution in [2.24, 2.45) is 16.6 Å². The molecule has 3 atom stereocenters. The Morgan fingerprint density at radius 2 is 1.57 bits per heavy atom. The lowest BCUT2D eigenvalue weighted by Crippen LogP contribution is -2.77. The highest BCUT2D eigenvalue weighted by Crippen LogP contribution is 2.58. The van der Waals surface area contributed by atoms with Gasteiger partial charge in [-0.25, -0.2) is 9.97 Å². The van der Waals surface area contributed by atoms with Crippen molar-refractivity contribution in [3.63, 3.8) is 0 Å². The summed E-state index contributed by atoms with van der Waals surface area (Å²) in [5, 5.41) is 9.52. The highest BCUT2D eigenvalue weighted by atomic mass is 35.5. The molecule has 5 amide bonds. The number of hydrogen-bond donors (Lipinski definition) is 1. The number of rotatable bonds is 11. The standard InChI is InChI=1S/C42H47ClN8O7/c1-23-21-48(40-46-19-26(20-47-40)34(45)53)22-24(2)49(23)14-7-15-57-27-10-11-29-30(16-27)36(55)50(35(29)54)32-12-13-33(52)51(37(32)56)38-41(3,4)39(42(38,5)6)58-28-9-8-25(18-44)31(43)17-28/h8-11,16-17,19-20,23-24,32,38-39H,7,12-15,21-22H2,1-6H3,(H2,45,53)/t23-,24+,32?,38?,39?. The third kappa shape index (κ3) is 7.02. The van der Waals surface area contributed by atoms with E-state index in [2.05, 4.69) is 33.6 Å². The lowest BCUT2D eigenvalue weighted by atomic mass is 9.48. The van der Waals surface area contributed by atoms with Gasteiger partial charge in [-0.1, -0.05) is 39.3 Å². The number of halogens is 1. The Morgan fingerprint density at radius 3 is 2.19 bits per heavy atom. The number of piperazine rings is 1. The summed E-state index contributed by atoms with van der Waals surface area (Å²) in [4.78, 5) is 82.3. The molecule has 16 heteroatoms. The normalized spacial score (nSPS) is 25.3. The number of likely N-dealkylation sites (tertiary alicyclic amines) is 1. The molecule has 1 unspecified atom stereocenters. The van der Waals surface area contributed by atoms with Gasteiger partial charge in [-0.2, -0.15) is 5.26 Å². The molecular formula is C42H47ClN8O7. The molecule has 2 saturated heterocycles. The quantitative estimate of drug-likeness (QED) is 0.212. The zero-order valence-corrected chi connectivity index (χ0v) is 34.2. The fourth-order valence-electron chi connectivity index (χ4n) is 9.79. The summed E-state index contributed by atoms with van der Waals surface area (Å²) in [5.41, 5.74) is 4.81. The van der Waals surface area contributed by atoms with Crippen molar-refractivity contribution >= 4 is 47.1 Å². The number of anilines is 1. The highest BCUT2D eigenvalue weighted by molar-refractivity contribution is 6.31. The molecular weight excluding hydrogens is 764 g/mol. The SMILES string of the molecule is C[C@@H]1CN(c2ncc(C(N)=O)cn2)C[C@H](C)N1CCCOc1ccc2c(c1)C(=O)N(C1CCC(=O)N(C3C(C)(C)C(Oc4ccc(C#N)c(Cl)c4)C3(C)C)C1=O)C2=O. The van der Waals surface area contributed by atoms with Crippen LogP contribution in [0.1, 0.15) is 97.4 Å². The van der Waals surface area contributed by atoms with Crippen molar-refractivity contribution in [3.05, 3.63) is 76.1 Å². The van der Waals surface area contributed by atoms with Gasteiger partial charge in [-0.05, 0) is 57.0 Å². The Hall–Kier alpha value is -5.59. The predicted molar refractivity (Wildman–Crippen MR) is 212 cm³/mol. The van der Waals surface area contributed by atoms with Gasteiger partial charge in [0.05, 0.1) is 39.9 Å². The number of ether oxygens (including phenoxy) is 2. The third-order valence-electron chi connectivity index (χ3n) is 12.1. The Morgan fingerprint density at radius 1 is 0.931 bits per heavy atom. The number of fused-ring (bicyclic) bond motifs is 1. The first kappa shape index (κ1) is 40.6. The topological polar surface area (TPSA) is 192 Å². The Kier molecular flexibility index (Phi) is 10.7. The number of carbonyl (C=O) groups is 5. The van der Waals surface area contributed by atoms with Crippen molar-refractivity contribution in [1.82, 2.24) is 24.7 Å². The summed E-state index contributed by atoms with van der Waals surface area (Å²) in [7, 11) is 0. The zero-order chi connectivity index (χ0) is 41.8. The zero-order valence-electron chi connectivity index (χ0n) is 33.4. The van der Waals surface area contributed by atoms with Crippen LogP contribution in [0.25, 0.3) is 0 Å². The average molecular weight is 811 g/mol. The van der Waals surface area contributed by atoms with E-state index in [0.29, 0.717) is 49.1 Å². The van der Waals surface area contributed by atoms with Crippen LogP contribution in [0.4, 0.5) is 5.95 Å². The van der Waals surface area contributed by atoms with Gasteiger partial charge in [0.15, 0.2) is 0 Å². The van der Waals surface area contributed by atoms with E-state index in [1.165, 1.54) is 17.3 Å². The third-order valence-corrected chi connectivity index (χ3v) is 12.4. The molecule has 1 saturated carbocycles. The van der Waals surface area contributed by atoms with Gasteiger partial charge in [0.25, 0.3) is 23.6 Å². The fraction of sp³-hybridized carbons (Fsp3) is 0.476. The Labute approximate surface area is 342 Å². The molecule has 2 aromatic carbocycles. The van der Waals surface area contributed by atoms with E-state index < -0.39 is 52.6 Å². The van der Waals surface area contributed by atoms with E-state index >= 15 is 0 Å². The largest absolute Gasteiger partial charge is 0.494 e. The average Bonchev–Trinajstić information content (AvgIpc) is 3.42. The first-order chi connectivity index (χ1) is 27.4. The molecule has 0 radical (unpaired) electrons. The van der Waals surface area contributed by atoms with Crippen LogP contribution in [0.15, 0.2) is 48.8 Å². The number of nitrogens with zero attached hydrogens (tertiary/aromatic N) is 7. The smallest absolute Gasteiger partial charge is 0.262 e. The van der Waals surface area contributed by atoms with E-state index in [1.54, 1.807) is 36.4 Å². The summed E-state index contributed by atoms with van der Waals surface area (Å²) >= 11 is 6.26. The van der Waals surface area contributed by atoms with Crippen molar-refractivity contribution in [1.29, 1.82) is 5.26 Å². The van der Waals surface area contributed by atoms with Crippen LogP contribution in [-0.4, -0.2) is 111 Å². The van der Waals surface area contributed by atoms with E-state index in [4.69, 9.17) is 26.8 Å². The molecule has 15 nitrogen and oxygen atoms in total. The van der Waals surface area contributed by atoms with Gasteiger partial charge < -0.3 is 20.1 Å². The Bertz CT molecular complexity index is 2190. The molecule has 4 heterocycles. The number of primary amides is 1. The van der Waals surface area contributed by atoms with Crippen LogP contribution in [0.5, 0.6) is 11.5 Å². The van der Waals surface area contributed by atoms with Gasteiger partial charge in [0.2, 0.25) is 11.9 Å². The second kappa shape index (κ2) is 15.3. The molecule has 0 bridgehead atoms. The number of amides is 5. The molecule has 1 aromatic heterocycles. The number of aromatic nitrogens is 2. The maximum absolute atomic E-state index is 14.3. The monoisotopic (exact) mass is 810 g/mol. The second-order valence-corrected chi connectivity index (χ2v) is 17.2. The van der Waals surface area contributed by atoms with Gasteiger partial charge >= 0.3 is 0 Å². The summed E-state index contributed by atoms with van der Waals surface area (Å²) in [5.74, 6) is -1.27. The predicted octanol–water partition coefficient (Wildman–Crippen LogP) is 4.46. The molecule has 3 aromatic rings. The molecule has 0 spiro atoms. The van der Waals surface area contributed by atoms with E-state index in [-0.39, 0.29) is 52.5 Å². The lowest BCUT2D eigenvalue weighted by molar-refractivity contribution is -0.216. The minimum Gasteiger partial charge on any atom is -0.494 e. The Balaban J connectivity index is 0.968. The highest BCUT2D eigenvalue weighted by Gasteiger charge is 2.68. The van der Waals surface area contributed by atoms with Crippen LogP contribution < -0.4 is 20.1 Å². The minimum absolute atomic E-state index is 0.0122. The van der Waals surface area contributed by atoms with Crippen molar-refractivity contribution < 1.29 is 33.4 Å². The summed E-state index contributed by atoms with van der Waals surface area (Å²) < 4.78 is 12.4. The number of imide groups is 2. The van der Waals surface area contributed by atoms with Gasteiger partial charge in [-0.15, -0.1) is 0 Å². The molecule has 3 fully saturated rings. The first-order valence-corrected chi connectivity index (χ1v) is 19.8. The van der Waals surface area contributed by atoms with Gasteiger partial charge in [-0.3, -0.25) is 38.7 Å². The molecule has 304 valence electrons. The minimum atomic E-state index is -1.15. The van der Waals surface area contributed by atoms with Crippen LogP contribution in [0.3, 0.4) is 0 Å². The molecule has 2 N–H and O–H groups in total. The summed E-state index contributed by atoms with van der Waals surface area (Å²) in [6, 6.07) is 10.2. The molecule has 7 rings (SSSR count). The van der Waals surface area contributed by atoms with E-state index in [9.17, 15) is 29.2 Å². The number of nitriles is 1. The molecule has 1 aliphatic carbocycles. The first-order valence-electron chi connectivity index (χ1n) is 19.4. The van der Waals surface area contributed by atoms with Crippen LogP contribution in [0, 0.1) is 22.2 Å². The fourth-order valence-corrected chi connectivity index (χ4v) is 10.0. The number of benzene rings is 2. The maximum atomic E-state index is 14.3. The van der Waals surface area contributed by atoms with Gasteiger partial charge in [0, 0.05) is 67.4 Å². The number of piperidine rings is 1. The summed E-state index contributed by atoms with van der Waals surface area (Å²) in [6.45, 7) is 14.5. The van der Waals surface area contributed by atoms with Crippen LogP contribution in [-0.2, 0) is 9.59 Å². The molecule has 58 heavy (non-hydrogen) atoms. The van der Waals surface area contributed by atoms with E-state index in [0.717, 1.165) is 11.4 Å². The van der Waals surface area contributed by atoms with Crippen LogP contribution >= 0.6 is 11.6 Å². The lowest BCUT2D eigenvalue weighted by Gasteiger charge is -2.65. The van der Waals surface area contributed by atoms with Gasteiger partial charge in [0.1, 0.15) is 29.7 Å². The molecule has 3 aliphatic heterocycles. The number of carbonyl (C=O) groups excluding carboxylic acids is 5. The van der Waals surface area contributed by atoms with E-state index in [1.807, 2.05) is 33.8 Å². The maximum Gasteiger partial charge on any atom is 0.262 e. The van der Waals surface area contributed by atoms with Crippen molar-refractivity contribution in [2.75, 3.05) is 31.1 Å². The number of nitrogens with two attached hydrogens (primary N) is 1. The number of hydrogen-bond acceptors (Lipinski definition) is 12. The molecule has 4 aliphatic rings.